The van der Waals surface area contributed by atoms with Gasteiger partial charge in [0.05, 0.1) is 57.0 Å². The van der Waals surface area contributed by atoms with Crippen LogP contribution in [0.15, 0.2) is 124 Å². The summed E-state index contributed by atoms with van der Waals surface area (Å²) in [4.78, 5) is 38.0. The molecule has 4 unspecified atom stereocenters. The first-order valence-corrected chi connectivity index (χ1v) is 28.0. The summed E-state index contributed by atoms with van der Waals surface area (Å²) in [5.74, 6) is -0.0494. The van der Waals surface area contributed by atoms with E-state index >= 15 is 0 Å². The van der Waals surface area contributed by atoms with Crippen molar-refractivity contribution in [1.82, 2.24) is 29.9 Å². The van der Waals surface area contributed by atoms with Gasteiger partial charge in [0.15, 0.2) is 0 Å². The highest BCUT2D eigenvalue weighted by molar-refractivity contribution is 7.86. The molecule has 0 amide bonds. The standard InChI is InChI=1S/C44H52N12O16S4/c1-25(57)21-55(22-26(2)58)43-51-39(45-31-7-5-9-35(17-31)73(61,62)63)49-41(53-43)47-33-15-13-29(37(19-33)75(67,68)69)11-12-30-14-16-34(20-38(30)76(70,71)72)48-42-50-40(46-32-8-6-10-36(18-32)74(64,65)66)52-44(54-42)56(23-27(3)59)24-28(4)60/h5-20,25-28,57-60H,21-24H2,1-4H3,(H,61,62,63)(H,64,65,66)(H,67,68,69)(H,70,71,72)(H2,45,47,49,51,53)(H2,46,48,50,52,54). The second kappa shape index (κ2) is 23.9. The van der Waals surface area contributed by atoms with Crippen LogP contribution in [0.3, 0.4) is 0 Å². The van der Waals surface area contributed by atoms with E-state index in [4.69, 9.17) is 0 Å². The molecule has 0 aliphatic heterocycles. The number of aliphatic hydroxyl groups is 4. The lowest BCUT2D eigenvalue weighted by atomic mass is 10.1. The van der Waals surface area contributed by atoms with Crippen molar-refractivity contribution in [1.29, 1.82) is 0 Å². The maximum absolute atomic E-state index is 12.9. The maximum atomic E-state index is 12.9. The molecule has 0 spiro atoms. The highest BCUT2D eigenvalue weighted by Crippen LogP contribution is 2.28. The third-order valence-corrected chi connectivity index (χ3v) is 13.6. The van der Waals surface area contributed by atoms with Gasteiger partial charge in [-0.05, 0) is 99.5 Å². The Morgan fingerprint density at radius 2 is 0.789 bits per heavy atom. The zero-order chi connectivity index (χ0) is 55.9. The van der Waals surface area contributed by atoms with Crippen molar-refractivity contribution in [2.75, 3.05) is 36.0 Å². The molecule has 12 N–H and O–H groups in total. The number of hydrogen-bond donors (Lipinski definition) is 12. The molecule has 408 valence electrons. The van der Waals surface area contributed by atoms with Crippen LogP contribution in [-0.4, -0.2) is 153 Å². The van der Waals surface area contributed by atoms with Gasteiger partial charge in [-0.2, -0.15) is 43.6 Å². The van der Waals surface area contributed by atoms with Crippen molar-refractivity contribution in [3.05, 3.63) is 119 Å². The highest BCUT2D eigenvalue weighted by atomic mass is 32.2. The summed E-state index contributed by atoms with van der Waals surface area (Å²) in [6, 6.07) is 16.7. The van der Waals surface area contributed by atoms with Crippen LogP contribution in [0, 0.1) is 0 Å². The van der Waals surface area contributed by atoms with Gasteiger partial charge < -0.3 is 30.2 Å². The minimum Gasteiger partial charge on any atom is -0.392 e. The van der Waals surface area contributed by atoms with Crippen molar-refractivity contribution >= 4 is 87.3 Å². The Morgan fingerprint density at radius 1 is 0.461 bits per heavy atom. The molecule has 0 saturated carbocycles. The van der Waals surface area contributed by atoms with Crippen molar-refractivity contribution < 1.29 is 72.3 Å². The van der Waals surface area contributed by atoms with Crippen molar-refractivity contribution in [2.45, 2.75) is 71.7 Å². The lowest BCUT2D eigenvalue weighted by Gasteiger charge is -2.25. The van der Waals surface area contributed by atoms with Gasteiger partial charge in [0.1, 0.15) is 9.79 Å². The lowest BCUT2D eigenvalue weighted by Crippen LogP contribution is -2.41. The van der Waals surface area contributed by atoms with Gasteiger partial charge in [0, 0.05) is 26.2 Å². The van der Waals surface area contributed by atoms with E-state index < -0.39 is 84.5 Å². The first kappa shape index (κ1) is 58.2. The number of H-pyrrole nitrogens is 4. The molecule has 4 atom stereocenters. The second-order valence-electron chi connectivity index (χ2n) is 17.0. The molecule has 76 heavy (non-hydrogen) atoms. The van der Waals surface area contributed by atoms with Gasteiger partial charge in [-0.15, -0.1) is 0 Å². The van der Waals surface area contributed by atoms with Gasteiger partial charge in [-0.1, -0.05) is 36.4 Å². The fourth-order valence-corrected chi connectivity index (χ4v) is 9.55. The number of nitrogens with one attached hydrogen (secondary N) is 4. The van der Waals surface area contributed by atoms with E-state index in [0.29, 0.717) is 0 Å². The van der Waals surface area contributed by atoms with E-state index in [-0.39, 0.29) is 94.4 Å². The number of aliphatic hydroxyl groups excluding tert-OH is 4. The SMILES string of the molecule is CC(O)CN(CC(C)O)c1nc(=Nc2cccc(S(=O)(=O)O)c2)[nH]c(=Nc2ccc(C=Cc3ccc(N=c4[nH]c(N(CC(C)O)CC(C)O)nc(=Nc5cccc(S(=O)(=O)O)c5)[nH]4)cc3S(=O)(=O)O)c(S(=O)(=O)O)c2)[nH]1. The minimum absolute atomic E-state index is 0.00316. The molecule has 0 aliphatic rings. The van der Waals surface area contributed by atoms with Crippen molar-refractivity contribution in [3.63, 3.8) is 0 Å². The summed E-state index contributed by atoms with van der Waals surface area (Å²) in [5, 5.41) is 41.0. The normalized spacial score (nSPS) is 15.3. The summed E-state index contributed by atoms with van der Waals surface area (Å²) >= 11 is 0. The van der Waals surface area contributed by atoms with Crippen LogP contribution >= 0.6 is 0 Å². The molecule has 0 bridgehead atoms. The average Bonchev–Trinajstić information content (AvgIpc) is 3.29. The van der Waals surface area contributed by atoms with E-state index in [1.54, 1.807) is 0 Å². The molecule has 32 heteroatoms. The molecule has 4 aromatic carbocycles. The number of benzene rings is 4. The Kier molecular flexibility index (Phi) is 18.3. The first-order chi connectivity index (χ1) is 35.4. The number of hydrogen-bond acceptors (Lipinski definition) is 20. The molecule has 0 saturated heterocycles. The monoisotopic (exact) mass is 1130 g/mol. The van der Waals surface area contributed by atoms with Crippen LogP contribution in [-0.2, 0) is 40.5 Å². The van der Waals surface area contributed by atoms with Crippen molar-refractivity contribution in [3.8, 4) is 0 Å². The fraction of sp³-hybridized carbons (Fsp3) is 0.273. The predicted molar refractivity (Wildman–Crippen MR) is 272 cm³/mol. The Labute approximate surface area is 433 Å². The smallest absolute Gasteiger partial charge is 0.295 e. The molecular weight excluding hydrogens is 1080 g/mol. The number of aromatic nitrogens is 6. The lowest BCUT2D eigenvalue weighted by molar-refractivity contribution is 0.176. The molecule has 2 heterocycles. The molecular formula is C44H52N12O16S4. The van der Waals surface area contributed by atoms with Gasteiger partial charge in [-0.3, -0.25) is 38.1 Å². The zero-order valence-electron chi connectivity index (χ0n) is 40.4. The fourth-order valence-electron chi connectivity index (χ4n) is 7.10. The van der Waals surface area contributed by atoms with Crippen LogP contribution in [0.2, 0.25) is 0 Å². The number of rotatable bonds is 20. The van der Waals surface area contributed by atoms with Crippen LogP contribution in [0.5, 0.6) is 0 Å². The summed E-state index contributed by atoms with van der Waals surface area (Å²) < 4.78 is 139. The van der Waals surface area contributed by atoms with Crippen LogP contribution in [0.25, 0.3) is 12.2 Å². The van der Waals surface area contributed by atoms with E-state index in [0.717, 1.165) is 48.6 Å². The van der Waals surface area contributed by atoms with Gasteiger partial charge in [0.2, 0.25) is 34.4 Å². The summed E-state index contributed by atoms with van der Waals surface area (Å²) in [7, 11) is -19.4. The van der Waals surface area contributed by atoms with E-state index in [2.05, 4.69) is 49.9 Å². The van der Waals surface area contributed by atoms with Gasteiger partial charge >= 0.3 is 0 Å². The van der Waals surface area contributed by atoms with Crippen molar-refractivity contribution in [2.24, 2.45) is 20.0 Å². The maximum Gasteiger partial charge on any atom is 0.295 e. The minimum atomic E-state index is -5.07. The summed E-state index contributed by atoms with van der Waals surface area (Å²) in [6.45, 7) is 5.64. The molecule has 6 rings (SSSR count). The van der Waals surface area contributed by atoms with E-state index in [1.807, 2.05) is 0 Å². The topological polar surface area (TPSA) is 443 Å². The predicted octanol–water partition coefficient (Wildman–Crippen LogP) is 1.01. The van der Waals surface area contributed by atoms with E-state index in [9.17, 15) is 72.3 Å². The number of nitrogens with zero attached hydrogens (tertiary/aromatic N) is 8. The Balaban J connectivity index is 1.45. The Hall–Kier alpha value is -7.08. The van der Waals surface area contributed by atoms with Crippen LogP contribution in [0.1, 0.15) is 38.8 Å². The van der Waals surface area contributed by atoms with Gasteiger partial charge in [0.25, 0.3) is 40.5 Å². The summed E-state index contributed by atoms with van der Waals surface area (Å²) in [6.07, 6.45) is -1.54. The molecule has 0 fully saturated rings. The quantitative estimate of drug-likeness (QED) is 0.0375. The van der Waals surface area contributed by atoms with Crippen LogP contribution < -0.4 is 32.3 Å². The largest absolute Gasteiger partial charge is 0.392 e. The summed E-state index contributed by atoms with van der Waals surface area (Å²) in [5.41, 5.74) is -1.41. The number of aromatic amines is 4. The van der Waals surface area contributed by atoms with E-state index in [1.165, 1.54) is 86.0 Å². The average molecular weight is 1130 g/mol. The molecule has 0 aliphatic carbocycles. The Bertz CT molecular complexity index is 3640. The third kappa shape index (κ3) is 16.7. The molecule has 0 radical (unpaired) electrons. The molecule has 2 aromatic heterocycles. The van der Waals surface area contributed by atoms with Gasteiger partial charge in [-0.25, -0.2) is 20.0 Å². The first-order valence-electron chi connectivity index (χ1n) is 22.3. The molecule has 28 nitrogen and oxygen atoms in total. The third-order valence-electron chi connectivity index (χ3n) is 10.1. The highest BCUT2D eigenvalue weighted by Gasteiger charge is 2.20. The zero-order valence-corrected chi connectivity index (χ0v) is 43.7. The Morgan fingerprint density at radius 3 is 1.09 bits per heavy atom. The second-order valence-corrected chi connectivity index (χ2v) is 22.7. The van der Waals surface area contributed by atoms with Crippen LogP contribution in [0.4, 0.5) is 34.6 Å². The number of anilines is 2. The molecule has 6 aromatic rings.